The Kier molecular flexibility index (Phi) is 5.06. The number of esters is 1. The van der Waals surface area contributed by atoms with Crippen LogP contribution in [0.5, 0.6) is 11.5 Å². The minimum atomic E-state index is -2.15. The summed E-state index contributed by atoms with van der Waals surface area (Å²) in [4.78, 5) is 27.5. The van der Waals surface area contributed by atoms with E-state index in [9.17, 15) is 14.7 Å². The highest BCUT2D eigenvalue weighted by atomic mass is 79.9. The van der Waals surface area contributed by atoms with Gasteiger partial charge in [-0.2, -0.15) is 0 Å². The van der Waals surface area contributed by atoms with Crippen LogP contribution in [0.1, 0.15) is 22.6 Å². The van der Waals surface area contributed by atoms with E-state index in [4.69, 9.17) is 14.2 Å². The van der Waals surface area contributed by atoms with E-state index in [0.717, 1.165) is 4.47 Å². The van der Waals surface area contributed by atoms with Crippen molar-refractivity contribution >= 4 is 27.7 Å². The summed E-state index contributed by atoms with van der Waals surface area (Å²) in [5.41, 5.74) is -2.38. The van der Waals surface area contributed by atoms with Gasteiger partial charge in [-0.25, -0.2) is 0 Å². The second-order valence-electron chi connectivity index (χ2n) is 8.19. The summed E-state index contributed by atoms with van der Waals surface area (Å²) in [6, 6.07) is 21.1. The monoisotopic (exact) mass is 508 g/mol. The van der Waals surface area contributed by atoms with Crippen molar-refractivity contribution < 1.29 is 28.9 Å². The summed E-state index contributed by atoms with van der Waals surface area (Å²) in [7, 11) is 2.77. The van der Waals surface area contributed by atoms with Crippen LogP contribution in [0, 0.1) is 5.92 Å². The zero-order chi connectivity index (χ0) is 23.4. The van der Waals surface area contributed by atoms with E-state index in [-0.39, 0.29) is 11.3 Å². The third-order valence-corrected chi connectivity index (χ3v) is 7.19. The molecule has 1 heterocycles. The van der Waals surface area contributed by atoms with E-state index >= 15 is 0 Å². The lowest BCUT2D eigenvalue weighted by Crippen LogP contribution is -2.51. The topological polar surface area (TPSA) is 82.1 Å². The summed E-state index contributed by atoms with van der Waals surface area (Å²) < 4.78 is 17.8. The standard InChI is InChI=1S/C26H21BrO6/c1-31-18-12-13-19-20(14-18)33-26(16-8-10-17(27)11-9-16)21(15-6-4-3-5-7-15)22(23(28)32-2)25(19,30)24(26)29/h3-14,21-22,30H,1-2H3/t21?,22?,25-,26-/m0/s1. The van der Waals surface area contributed by atoms with Gasteiger partial charge in [0.2, 0.25) is 11.4 Å². The van der Waals surface area contributed by atoms with Gasteiger partial charge in [0.15, 0.2) is 5.60 Å². The Morgan fingerprint density at radius 2 is 1.73 bits per heavy atom. The van der Waals surface area contributed by atoms with Crippen molar-refractivity contribution in [2.45, 2.75) is 17.1 Å². The molecule has 1 N–H and O–H groups in total. The van der Waals surface area contributed by atoms with Crippen molar-refractivity contribution in [3.05, 3.63) is 94.0 Å². The molecule has 7 heteroatoms. The number of Topliss-reactive ketones (excluding diaryl/α,β-unsaturated/α-hetero) is 1. The van der Waals surface area contributed by atoms with Crippen LogP contribution in [0.25, 0.3) is 0 Å². The van der Waals surface area contributed by atoms with Gasteiger partial charge in [0.25, 0.3) is 0 Å². The van der Waals surface area contributed by atoms with E-state index in [0.29, 0.717) is 16.9 Å². The molecular weight excluding hydrogens is 488 g/mol. The molecule has 0 aromatic heterocycles. The average Bonchev–Trinajstić information content (AvgIpc) is 2.97. The minimum Gasteiger partial charge on any atom is -0.497 e. The van der Waals surface area contributed by atoms with Crippen LogP contribution in [0.4, 0.5) is 0 Å². The maximum Gasteiger partial charge on any atom is 0.313 e. The molecule has 6 nitrogen and oxygen atoms in total. The second-order valence-corrected chi connectivity index (χ2v) is 9.11. The third-order valence-electron chi connectivity index (χ3n) is 6.66. The molecule has 0 radical (unpaired) electrons. The maximum atomic E-state index is 14.2. The number of ether oxygens (including phenoxy) is 3. The second kappa shape index (κ2) is 7.71. The number of ketones is 1. The number of hydrogen-bond donors (Lipinski definition) is 1. The van der Waals surface area contributed by atoms with Crippen molar-refractivity contribution in [2.24, 2.45) is 5.92 Å². The highest BCUT2D eigenvalue weighted by molar-refractivity contribution is 9.10. The molecule has 0 amide bonds. The maximum absolute atomic E-state index is 14.2. The van der Waals surface area contributed by atoms with Gasteiger partial charge in [0, 0.05) is 21.7 Å². The first kappa shape index (κ1) is 21.7. The van der Waals surface area contributed by atoms with Gasteiger partial charge in [-0.05, 0) is 29.8 Å². The smallest absolute Gasteiger partial charge is 0.313 e. The van der Waals surface area contributed by atoms with Crippen LogP contribution in [0.2, 0.25) is 0 Å². The number of benzene rings is 3. The molecule has 168 valence electrons. The van der Waals surface area contributed by atoms with Gasteiger partial charge in [-0.3, -0.25) is 9.59 Å². The molecule has 2 unspecified atom stereocenters. The SMILES string of the molecule is COC(=O)C1C(c2ccccc2)[C@]2(c3ccc(Br)cc3)Oc3cc(OC)ccc3[C@@]1(O)C2=O. The first-order chi connectivity index (χ1) is 15.9. The van der Waals surface area contributed by atoms with E-state index in [1.807, 2.05) is 30.3 Å². The Bertz CT molecular complexity index is 1240. The fraction of sp³-hybridized carbons (Fsp3) is 0.231. The molecule has 1 aliphatic carbocycles. The lowest BCUT2D eigenvalue weighted by atomic mass is 9.75. The summed E-state index contributed by atoms with van der Waals surface area (Å²) in [6.45, 7) is 0. The molecular formula is C26H21BrO6. The zero-order valence-corrected chi connectivity index (χ0v) is 19.5. The van der Waals surface area contributed by atoms with Crippen molar-refractivity contribution in [1.29, 1.82) is 0 Å². The van der Waals surface area contributed by atoms with Crippen molar-refractivity contribution in [2.75, 3.05) is 14.2 Å². The first-order valence-corrected chi connectivity index (χ1v) is 11.2. The minimum absolute atomic E-state index is 0.217. The Hall–Kier alpha value is -3.16. The number of carbonyl (C=O) groups excluding carboxylic acids is 2. The molecule has 0 saturated heterocycles. The molecule has 2 aliphatic rings. The number of halogens is 1. The van der Waals surface area contributed by atoms with Gasteiger partial charge in [-0.15, -0.1) is 0 Å². The Balaban J connectivity index is 1.88. The number of methoxy groups -OCH3 is 2. The van der Waals surface area contributed by atoms with Crippen LogP contribution in [0.15, 0.2) is 77.3 Å². The Morgan fingerprint density at radius 1 is 1.03 bits per heavy atom. The van der Waals surface area contributed by atoms with E-state index in [1.54, 1.807) is 42.5 Å². The molecule has 5 rings (SSSR count). The molecule has 4 atom stereocenters. The van der Waals surface area contributed by atoms with Crippen LogP contribution in [-0.4, -0.2) is 31.1 Å². The molecule has 3 aromatic rings. The van der Waals surface area contributed by atoms with Gasteiger partial charge in [0.1, 0.15) is 17.4 Å². The predicted octanol–water partition coefficient (Wildman–Crippen LogP) is 4.09. The lowest BCUT2D eigenvalue weighted by Gasteiger charge is -2.39. The molecule has 1 fully saturated rings. The number of fused-ring (bicyclic) bond motifs is 4. The molecule has 2 bridgehead atoms. The van der Waals surface area contributed by atoms with Gasteiger partial charge < -0.3 is 19.3 Å². The molecule has 33 heavy (non-hydrogen) atoms. The van der Waals surface area contributed by atoms with Gasteiger partial charge in [0.05, 0.1) is 20.1 Å². The highest BCUT2D eigenvalue weighted by Crippen LogP contribution is 2.64. The number of aliphatic hydroxyl groups is 1. The normalized spacial score (nSPS) is 27.5. The number of hydrogen-bond acceptors (Lipinski definition) is 6. The molecule has 3 aromatic carbocycles. The summed E-state index contributed by atoms with van der Waals surface area (Å²) in [5.74, 6) is -2.57. The van der Waals surface area contributed by atoms with Crippen LogP contribution in [0.3, 0.4) is 0 Å². The largest absolute Gasteiger partial charge is 0.497 e. The fourth-order valence-corrected chi connectivity index (χ4v) is 5.50. The van der Waals surface area contributed by atoms with Crippen LogP contribution < -0.4 is 9.47 Å². The summed E-state index contributed by atoms with van der Waals surface area (Å²) in [5, 5.41) is 12.1. The fourth-order valence-electron chi connectivity index (χ4n) is 5.23. The Labute approximate surface area is 199 Å². The zero-order valence-electron chi connectivity index (χ0n) is 17.9. The molecule has 1 saturated carbocycles. The summed E-state index contributed by atoms with van der Waals surface area (Å²) in [6.07, 6.45) is 0. The van der Waals surface area contributed by atoms with E-state index in [2.05, 4.69) is 15.9 Å². The first-order valence-electron chi connectivity index (χ1n) is 10.4. The summed E-state index contributed by atoms with van der Waals surface area (Å²) >= 11 is 3.43. The van der Waals surface area contributed by atoms with Gasteiger partial charge in [-0.1, -0.05) is 58.4 Å². The highest BCUT2D eigenvalue weighted by Gasteiger charge is 2.76. The Morgan fingerprint density at radius 3 is 2.36 bits per heavy atom. The van der Waals surface area contributed by atoms with Crippen LogP contribution >= 0.6 is 15.9 Å². The number of carbonyl (C=O) groups is 2. The average molecular weight is 509 g/mol. The van der Waals surface area contributed by atoms with Crippen molar-refractivity contribution in [3.8, 4) is 11.5 Å². The molecule has 1 aliphatic heterocycles. The lowest BCUT2D eigenvalue weighted by molar-refractivity contribution is -0.162. The van der Waals surface area contributed by atoms with Crippen molar-refractivity contribution in [1.82, 2.24) is 0 Å². The van der Waals surface area contributed by atoms with Crippen LogP contribution in [-0.2, 0) is 25.5 Å². The molecule has 0 spiro atoms. The number of rotatable bonds is 4. The third kappa shape index (κ3) is 2.89. The van der Waals surface area contributed by atoms with Gasteiger partial charge >= 0.3 is 5.97 Å². The quantitative estimate of drug-likeness (QED) is 0.534. The van der Waals surface area contributed by atoms with E-state index < -0.39 is 34.8 Å². The predicted molar refractivity (Wildman–Crippen MR) is 123 cm³/mol. The van der Waals surface area contributed by atoms with Crippen molar-refractivity contribution in [3.63, 3.8) is 0 Å². The van der Waals surface area contributed by atoms with E-state index in [1.165, 1.54) is 14.2 Å².